The van der Waals surface area contributed by atoms with E-state index in [9.17, 15) is 13.2 Å². The van der Waals surface area contributed by atoms with Crippen molar-refractivity contribution in [2.75, 3.05) is 26.5 Å². The molecule has 0 saturated carbocycles. The summed E-state index contributed by atoms with van der Waals surface area (Å²) >= 11 is 0. The first kappa shape index (κ1) is 17.7. The van der Waals surface area contributed by atoms with E-state index in [0.29, 0.717) is 38.8 Å². The van der Waals surface area contributed by atoms with Crippen LogP contribution in [0.25, 0.3) is 0 Å². The molecule has 0 spiro atoms. The van der Waals surface area contributed by atoms with Gasteiger partial charge in [-0.25, -0.2) is 12.7 Å². The van der Waals surface area contributed by atoms with Gasteiger partial charge in [0.05, 0.1) is 13.4 Å². The quantitative estimate of drug-likeness (QED) is 0.843. The summed E-state index contributed by atoms with van der Waals surface area (Å²) in [5.41, 5.74) is 1.09. The number of hydrogen-bond donors (Lipinski definition) is 1. The second kappa shape index (κ2) is 7.79. The summed E-state index contributed by atoms with van der Waals surface area (Å²) < 4.78 is 29.5. The third-order valence-corrected chi connectivity index (χ3v) is 5.39. The Kier molecular flexibility index (Phi) is 6.01. The van der Waals surface area contributed by atoms with Crippen LogP contribution in [0.1, 0.15) is 24.8 Å². The zero-order chi connectivity index (χ0) is 16.9. The van der Waals surface area contributed by atoms with E-state index >= 15 is 0 Å². The van der Waals surface area contributed by atoms with Crippen molar-refractivity contribution in [3.63, 3.8) is 0 Å². The Balaban J connectivity index is 1.73. The average Bonchev–Trinajstić information content (AvgIpc) is 2.53. The van der Waals surface area contributed by atoms with Gasteiger partial charge in [0.2, 0.25) is 15.9 Å². The highest BCUT2D eigenvalue weighted by molar-refractivity contribution is 7.88. The molecule has 1 heterocycles. The van der Waals surface area contributed by atoms with Crippen LogP contribution < -0.4 is 10.1 Å². The van der Waals surface area contributed by atoms with Gasteiger partial charge in [-0.3, -0.25) is 4.79 Å². The fraction of sp³-hybridized carbons (Fsp3) is 0.562. The lowest BCUT2D eigenvalue weighted by Gasteiger charge is -2.30. The number of hydrogen-bond acceptors (Lipinski definition) is 4. The van der Waals surface area contributed by atoms with Crippen molar-refractivity contribution in [3.8, 4) is 5.75 Å². The number of carbonyl (C=O) groups excluding carboxylic acids is 1. The predicted octanol–water partition coefficient (Wildman–Crippen LogP) is 1.17. The molecular formula is C16H24N2O4S. The highest BCUT2D eigenvalue weighted by Crippen LogP contribution is 2.15. The Labute approximate surface area is 137 Å². The summed E-state index contributed by atoms with van der Waals surface area (Å²) in [6, 6.07) is 7.74. The van der Waals surface area contributed by atoms with Crippen LogP contribution in [0, 0.1) is 0 Å². The van der Waals surface area contributed by atoms with Crippen molar-refractivity contribution in [2.24, 2.45) is 0 Å². The van der Waals surface area contributed by atoms with E-state index < -0.39 is 10.0 Å². The van der Waals surface area contributed by atoms with Crippen LogP contribution in [-0.2, 0) is 21.2 Å². The average molecular weight is 340 g/mol. The first-order chi connectivity index (χ1) is 10.9. The van der Waals surface area contributed by atoms with Crippen molar-refractivity contribution in [2.45, 2.75) is 31.7 Å². The third kappa shape index (κ3) is 5.51. The van der Waals surface area contributed by atoms with E-state index in [0.717, 1.165) is 11.3 Å². The number of amides is 1. The highest BCUT2D eigenvalue weighted by Gasteiger charge is 2.25. The van der Waals surface area contributed by atoms with Crippen LogP contribution in [0.2, 0.25) is 0 Å². The second-order valence-electron chi connectivity index (χ2n) is 5.85. The van der Waals surface area contributed by atoms with Crippen LogP contribution in [0.5, 0.6) is 5.75 Å². The Morgan fingerprint density at radius 3 is 2.39 bits per heavy atom. The topological polar surface area (TPSA) is 75.7 Å². The number of nitrogens with one attached hydrogen (secondary N) is 1. The van der Waals surface area contributed by atoms with Gasteiger partial charge in [0.1, 0.15) is 5.75 Å². The van der Waals surface area contributed by atoms with Crippen molar-refractivity contribution >= 4 is 15.9 Å². The maximum Gasteiger partial charge on any atom is 0.220 e. The number of aryl methyl sites for hydroxylation is 1. The van der Waals surface area contributed by atoms with Crippen LogP contribution in [0.3, 0.4) is 0 Å². The molecular weight excluding hydrogens is 316 g/mol. The summed E-state index contributed by atoms with van der Waals surface area (Å²) in [5.74, 6) is 0.814. The smallest absolute Gasteiger partial charge is 0.220 e. The van der Waals surface area contributed by atoms with Gasteiger partial charge in [-0.05, 0) is 37.0 Å². The number of methoxy groups -OCH3 is 1. The minimum atomic E-state index is -3.12. The number of rotatable bonds is 6. The lowest BCUT2D eigenvalue weighted by molar-refractivity contribution is -0.122. The molecule has 1 aliphatic rings. The van der Waals surface area contributed by atoms with Gasteiger partial charge >= 0.3 is 0 Å². The van der Waals surface area contributed by atoms with Crippen LogP contribution in [-0.4, -0.2) is 51.1 Å². The molecule has 0 radical (unpaired) electrons. The molecule has 0 unspecified atom stereocenters. The number of carbonyl (C=O) groups is 1. The number of piperidine rings is 1. The number of sulfonamides is 1. The molecule has 2 rings (SSSR count). The lowest BCUT2D eigenvalue weighted by Crippen LogP contribution is -2.46. The molecule has 7 heteroatoms. The molecule has 6 nitrogen and oxygen atoms in total. The molecule has 0 aliphatic carbocycles. The lowest BCUT2D eigenvalue weighted by atomic mass is 10.1. The third-order valence-electron chi connectivity index (χ3n) is 4.09. The number of benzene rings is 1. The molecule has 1 aromatic rings. The van der Waals surface area contributed by atoms with E-state index in [1.165, 1.54) is 10.6 Å². The van der Waals surface area contributed by atoms with Gasteiger partial charge < -0.3 is 10.1 Å². The molecule has 1 aliphatic heterocycles. The largest absolute Gasteiger partial charge is 0.497 e. The molecule has 1 N–H and O–H groups in total. The zero-order valence-electron chi connectivity index (χ0n) is 13.6. The fourth-order valence-electron chi connectivity index (χ4n) is 2.68. The standard InChI is InChI=1S/C16H24N2O4S/c1-22-15-6-3-13(4-7-15)5-8-16(19)17-14-9-11-18(12-10-14)23(2,20)21/h3-4,6-7,14H,5,8-12H2,1-2H3,(H,17,19). The van der Waals surface area contributed by atoms with Crippen LogP contribution in [0.4, 0.5) is 0 Å². The fourth-order valence-corrected chi connectivity index (χ4v) is 3.56. The monoisotopic (exact) mass is 340 g/mol. The van der Waals surface area contributed by atoms with E-state index in [1.807, 2.05) is 24.3 Å². The molecule has 1 aromatic carbocycles. The summed E-state index contributed by atoms with van der Waals surface area (Å²) in [5, 5.41) is 3.00. The second-order valence-corrected chi connectivity index (χ2v) is 7.83. The Bertz CT molecular complexity index is 620. The minimum Gasteiger partial charge on any atom is -0.497 e. The maximum absolute atomic E-state index is 12.0. The van der Waals surface area contributed by atoms with Crippen LogP contribution in [0.15, 0.2) is 24.3 Å². The first-order valence-corrected chi connectivity index (χ1v) is 9.61. The van der Waals surface area contributed by atoms with Crippen molar-refractivity contribution in [1.82, 2.24) is 9.62 Å². The van der Waals surface area contributed by atoms with Gasteiger partial charge in [0, 0.05) is 25.6 Å². The van der Waals surface area contributed by atoms with E-state index in [1.54, 1.807) is 7.11 Å². The Morgan fingerprint density at radius 1 is 1.26 bits per heavy atom. The van der Waals surface area contributed by atoms with Crippen LogP contribution >= 0.6 is 0 Å². The van der Waals surface area contributed by atoms with Gasteiger partial charge in [-0.15, -0.1) is 0 Å². The summed E-state index contributed by atoms with van der Waals surface area (Å²) in [7, 11) is -1.50. The van der Waals surface area contributed by atoms with Gasteiger partial charge in [0.15, 0.2) is 0 Å². The molecule has 23 heavy (non-hydrogen) atoms. The number of ether oxygens (including phenoxy) is 1. The maximum atomic E-state index is 12.0. The molecule has 1 saturated heterocycles. The summed E-state index contributed by atoms with van der Waals surface area (Å²) in [6.45, 7) is 0.949. The Morgan fingerprint density at radius 2 is 1.87 bits per heavy atom. The van der Waals surface area contributed by atoms with E-state index in [2.05, 4.69) is 5.32 Å². The predicted molar refractivity (Wildman–Crippen MR) is 88.9 cm³/mol. The minimum absolute atomic E-state index is 0.0126. The molecule has 1 amide bonds. The highest BCUT2D eigenvalue weighted by atomic mass is 32.2. The van der Waals surface area contributed by atoms with Crippen molar-refractivity contribution < 1.29 is 17.9 Å². The summed E-state index contributed by atoms with van der Waals surface area (Å²) in [4.78, 5) is 12.0. The first-order valence-electron chi connectivity index (χ1n) is 7.76. The normalized spacial score (nSPS) is 17.0. The molecule has 128 valence electrons. The van der Waals surface area contributed by atoms with Gasteiger partial charge in [0.25, 0.3) is 0 Å². The molecule has 0 aromatic heterocycles. The number of nitrogens with zero attached hydrogens (tertiary/aromatic N) is 1. The van der Waals surface area contributed by atoms with Gasteiger partial charge in [-0.2, -0.15) is 0 Å². The van der Waals surface area contributed by atoms with Gasteiger partial charge in [-0.1, -0.05) is 12.1 Å². The van der Waals surface area contributed by atoms with E-state index in [4.69, 9.17) is 4.74 Å². The molecule has 1 fully saturated rings. The SMILES string of the molecule is COc1ccc(CCC(=O)NC2CCN(S(C)(=O)=O)CC2)cc1. The summed E-state index contributed by atoms with van der Waals surface area (Å²) in [6.07, 6.45) is 3.67. The molecule has 0 bridgehead atoms. The Hall–Kier alpha value is -1.60. The van der Waals surface area contributed by atoms with E-state index in [-0.39, 0.29) is 11.9 Å². The zero-order valence-corrected chi connectivity index (χ0v) is 14.4. The van der Waals surface area contributed by atoms with Crippen molar-refractivity contribution in [3.05, 3.63) is 29.8 Å². The van der Waals surface area contributed by atoms with Crippen molar-refractivity contribution in [1.29, 1.82) is 0 Å². The molecule has 0 atom stereocenters.